The normalized spacial score (nSPS) is 10.8. The average Bonchev–Trinajstić information content (AvgIpc) is 2.55. The van der Waals surface area contributed by atoms with Crippen LogP contribution in [0.4, 0.5) is 5.69 Å². The molecule has 122 valence electrons. The number of nitrogens with one attached hydrogen (secondary N) is 1. The second-order valence-electron chi connectivity index (χ2n) is 5.53. The molecule has 0 spiro atoms. The Morgan fingerprint density at radius 2 is 2.00 bits per heavy atom. The van der Waals surface area contributed by atoms with Crippen molar-refractivity contribution in [1.82, 2.24) is 9.55 Å². The van der Waals surface area contributed by atoms with Gasteiger partial charge in [-0.3, -0.25) is 14.2 Å². The van der Waals surface area contributed by atoms with E-state index in [1.54, 1.807) is 24.3 Å². The highest BCUT2D eigenvalue weighted by atomic mass is 16.3. The topological polar surface area (TPSA) is 84.2 Å². The Bertz CT molecular complexity index is 992. The molecule has 0 aliphatic rings. The lowest BCUT2D eigenvalue weighted by molar-refractivity contribution is -0.114. The van der Waals surface area contributed by atoms with Crippen molar-refractivity contribution in [3.05, 3.63) is 64.2 Å². The Morgan fingerprint density at radius 1 is 1.25 bits per heavy atom. The summed E-state index contributed by atoms with van der Waals surface area (Å²) in [6.45, 7) is 2.94. The van der Waals surface area contributed by atoms with Crippen LogP contribution in [0.25, 0.3) is 16.6 Å². The highest BCUT2D eigenvalue weighted by molar-refractivity contribution is 5.92. The van der Waals surface area contributed by atoms with Gasteiger partial charge in [-0.05, 0) is 36.8 Å². The number of carbonyl (C=O) groups excluding carboxylic acids is 1. The van der Waals surface area contributed by atoms with E-state index in [0.717, 1.165) is 5.56 Å². The van der Waals surface area contributed by atoms with Crippen LogP contribution in [0.1, 0.15) is 18.3 Å². The molecule has 6 heteroatoms. The van der Waals surface area contributed by atoms with Crippen molar-refractivity contribution >= 4 is 22.5 Å². The fourth-order valence-electron chi connectivity index (χ4n) is 2.68. The molecule has 0 saturated carbocycles. The van der Waals surface area contributed by atoms with E-state index in [0.29, 0.717) is 22.3 Å². The molecular weight excluding hydrogens is 306 g/mol. The summed E-state index contributed by atoms with van der Waals surface area (Å²) in [4.78, 5) is 28.6. The fraction of sp³-hybridized carbons (Fsp3) is 0.167. The quantitative estimate of drug-likeness (QED) is 0.773. The molecule has 0 saturated heterocycles. The van der Waals surface area contributed by atoms with Crippen molar-refractivity contribution in [1.29, 1.82) is 0 Å². The van der Waals surface area contributed by atoms with Crippen LogP contribution in [-0.2, 0) is 11.4 Å². The number of nitrogens with zero attached hydrogens (tertiary/aromatic N) is 2. The Morgan fingerprint density at radius 3 is 2.67 bits per heavy atom. The summed E-state index contributed by atoms with van der Waals surface area (Å²) in [5.74, 6) is 0.0580. The lowest BCUT2D eigenvalue weighted by Gasteiger charge is -2.14. The predicted molar refractivity (Wildman–Crippen MR) is 92.3 cm³/mol. The molecule has 0 bridgehead atoms. The van der Waals surface area contributed by atoms with Crippen LogP contribution < -0.4 is 10.9 Å². The van der Waals surface area contributed by atoms with E-state index < -0.39 is 0 Å². The Balaban J connectivity index is 2.32. The number of anilines is 1. The molecule has 2 N–H and O–H groups in total. The third-order valence-corrected chi connectivity index (χ3v) is 3.76. The number of benzene rings is 2. The zero-order chi connectivity index (χ0) is 17.3. The molecular formula is C18H17N3O3. The SMILES string of the molecule is CC(=O)Nc1ccc2nc(CO)n(-c3ccccc3C)c(=O)c2c1. The first-order chi connectivity index (χ1) is 11.5. The number of aryl methyl sites for hydroxylation is 1. The Kier molecular flexibility index (Phi) is 4.14. The van der Waals surface area contributed by atoms with Gasteiger partial charge in [0.25, 0.3) is 5.56 Å². The number of aliphatic hydroxyl groups excluding tert-OH is 1. The fourth-order valence-corrected chi connectivity index (χ4v) is 2.68. The highest BCUT2D eigenvalue weighted by Gasteiger charge is 2.14. The molecule has 24 heavy (non-hydrogen) atoms. The minimum atomic E-state index is -0.354. The second-order valence-corrected chi connectivity index (χ2v) is 5.53. The number of hydrogen-bond donors (Lipinski definition) is 2. The lowest BCUT2D eigenvalue weighted by atomic mass is 10.1. The van der Waals surface area contributed by atoms with Crippen molar-refractivity contribution < 1.29 is 9.90 Å². The smallest absolute Gasteiger partial charge is 0.266 e. The first-order valence-electron chi connectivity index (χ1n) is 7.51. The van der Waals surface area contributed by atoms with E-state index in [9.17, 15) is 14.7 Å². The van der Waals surface area contributed by atoms with Crippen LogP contribution in [-0.4, -0.2) is 20.6 Å². The van der Waals surface area contributed by atoms with Gasteiger partial charge in [0, 0.05) is 12.6 Å². The number of aromatic nitrogens is 2. The van der Waals surface area contributed by atoms with Gasteiger partial charge in [0.05, 0.1) is 16.6 Å². The Hall–Kier alpha value is -2.99. The molecule has 0 radical (unpaired) electrons. The van der Waals surface area contributed by atoms with Crippen molar-refractivity contribution in [2.75, 3.05) is 5.32 Å². The first kappa shape index (κ1) is 15.9. The van der Waals surface area contributed by atoms with Gasteiger partial charge in [-0.2, -0.15) is 0 Å². The summed E-state index contributed by atoms with van der Waals surface area (Å²) < 4.78 is 1.41. The van der Waals surface area contributed by atoms with Crippen LogP contribution in [0.3, 0.4) is 0 Å². The molecule has 3 aromatic rings. The number of carbonyl (C=O) groups is 1. The Labute approximate surface area is 138 Å². The van der Waals surface area contributed by atoms with Gasteiger partial charge in [-0.1, -0.05) is 18.2 Å². The van der Waals surface area contributed by atoms with Gasteiger partial charge < -0.3 is 10.4 Å². The predicted octanol–water partition coefficient (Wildman–Crippen LogP) is 2.14. The summed E-state index contributed by atoms with van der Waals surface area (Å²) in [5, 5.41) is 12.7. The number of rotatable bonds is 3. The maximum absolute atomic E-state index is 13.0. The second kappa shape index (κ2) is 6.25. The van der Waals surface area contributed by atoms with E-state index in [2.05, 4.69) is 10.3 Å². The van der Waals surface area contributed by atoms with Gasteiger partial charge in [-0.15, -0.1) is 0 Å². The molecule has 0 unspecified atom stereocenters. The summed E-state index contributed by atoms with van der Waals surface area (Å²) in [5.41, 5.74) is 2.29. The third kappa shape index (κ3) is 2.79. The summed E-state index contributed by atoms with van der Waals surface area (Å²) >= 11 is 0. The molecule has 0 aliphatic carbocycles. The largest absolute Gasteiger partial charge is 0.388 e. The molecule has 3 rings (SSSR count). The van der Waals surface area contributed by atoms with Gasteiger partial charge in [0.2, 0.25) is 5.91 Å². The molecule has 0 aliphatic heterocycles. The highest BCUT2D eigenvalue weighted by Crippen LogP contribution is 2.19. The van der Waals surface area contributed by atoms with Crippen LogP contribution in [0.15, 0.2) is 47.3 Å². The molecule has 1 heterocycles. The van der Waals surface area contributed by atoms with Gasteiger partial charge in [-0.25, -0.2) is 4.98 Å². The number of amides is 1. The van der Waals surface area contributed by atoms with E-state index in [1.165, 1.54) is 11.5 Å². The maximum Gasteiger partial charge on any atom is 0.266 e. The first-order valence-corrected chi connectivity index (χ1v) is 7.51. The zero-order valence-corrected chi connectivity index (χ0v) is 13.4. The summed E-state index contributed by atoms with van der Waals surface area (Å²) in [6.07, 6.45) is 0. The van der Waals surface area contributed by atoms with Crippen LogP contribution in [0.5, 0.6) is 0 Å². The van der Waals surface area contributed by atoms with E-state index >= 15 is 0 Å². The molecule has 0 atom stereocenters. The zero-order valence-electron chi connectivity index (χ0n) is 13.4. The maximum atomic E-state index is 13.0. The average molecular weight is 323 g/mol. The van der Waals surface area contributed by atoms with Gasteiger partial charge in [0.15, 0.2) is 0 Å². The van der Waals surface area contributed by atoms with Gasteiger partial charge >= 0.3 is 0 Å². The van der Waals surface area contributed by atoms with E-state index in [1.807, 2.05) is 25.1 Å². The van der Waals surface area contributed by atoms with Crippen molar-refractivity contribution in [3.8, 4) is 5.69 Å². The molecule has 1 amide bonds. The van der Waals surface area contributed by atoms with Crippen LogP contribution >= 0.6 is 0 Å². The van der Waals surface area contributed by atoms with Crippen molar-refractivity contribution in [2.45, 2.75) is 20.5 Å². The molecule has 1 aromatic heterocycles. The van der Waals surface area contributed by atoms with Crippen LogP contribution in [0.2, 0.25) is 0 Å². The number of aliphatic hydroxyl groups is 1. The standard InChI is InChI=1S/C18H17N3O3/c1-11-5-3-4-6-16(11)21-17(10-22)20-15-8-7-13(19-12(2)23)9-14(15)18(21)24/h3-9,22H,10H2,1-2H3,(H,19,23). The number of fused-ring (bicyclic) bond motifs is 1. The van der Waals surface area contributed by atoms with E-state index in [4.69, 9.17) is 0 Å². The summed E-state index contributed by atoms with van der Waals surface area (Å²) in [6, 6.07) is 12.3. The van der Waals surface area contributed by atoms with Gasteiger partial charge in [0.1, 0.15) is 12.4 Å². The molecule has 2 aromatic carbocycles. The van der Waals surface area contributed by atoms with Crippen molar-refractivity contribution in [2.24, 2.45) is 0 Å². The number of hydrogen-bond acceptors (Lipinski definition) is 4. The third-order valence-electron chi connectivity index (χ3n) is 3.76. The van der Waals surface area contributed by atoms with Crippen molar-refractivity contribution in [3.63, 3.8) is 0 Å². The molecule has 0 fully saturated rings. The lowest BCUT2D eigenvalue weighted by Crippen LogP contribution is -2.24. The molecule has 6 nitrogen and oxygen atoms in total. The minimum Gasteiger partial charge on any atom is -0.388 e. The monoisotopic (exact) mass is 323 g/mol. The summed E-state index contributed by atoms with van der Waals surface area (Å²) in [7, 11) is 0. The minimum absolute atomic E-state index is 0.214. The number of para-hydroxylation sites is 1. The van der Waals surface area contributed by atoms with Crippen LogP contribution in [0, 0.1) is 6.92 Å². The van der Waals surface area contributed by atoms with E-state index in [-0.39, 0.29) is 23.9 Å².